The van der Waals surface area contributed by atoms with E-state index < -0.39 is 0 Å². The van der Waals surface area contributed by atoms with Crippen molar-refractivity contribution in [3.8, 4) is 0 Å². The lowest BCUT2D eigenvalue weighted by Gasteiger charge is -2.11. The summed E-state index contributed by atoms with van der Waals surface area (Å²) in [4.78, 5) is 0. The fourth-order valence-corrected chi connectivity index (χ4v) is 1.76. The van der Waals surface area contributed by atoms with Crippen molar-refractivity contribution in [3.63, 3.8) is 0 Å². The van der Waals surface area contributed by atoms with E-state index in [-0.39, 0.29) is 56.9 Å². The van der Waals surface area contributed by atoms with Gasteiger partial charge in [-0.15, -0.1) is 0 Å². The number of hydrogen-bond donors (Lipinski definition) is 0. The van der Waals surface area contributed by atoms with Crippen LogP contribution in [0.4, 0.5) is 0 Å². The largest absolute Gasteiger partial charge is 0.153 e. The van der Waals surface area contributed by atoms with Crippen LogP contribution in [0, 0.1) is 0 Å². The first-order chi connectivity index (χ1) is 12.1. The molecule has 0 aromatic heterocycles. The Kier molecular flexibility index (Phi) is 125. The Balaban J connectivity index is -0.0000000269. The third kappa shape index (κ3) is 63.0. The molecule has 1 rings (SSSR count). The monoisotopic (exact) mass is 490 g/mol. The molecule has 1 aliphatic carbocycles. The molecule has 0 N–H and O–H groups in total. The van der Waals surface area contributed by atoms with Crippen molar-refractivity contribution < 1.29 is 0 Å². The molecule has 0 aromatic carbocycles. The Morgan fingerprint density at radius 2 is 1.19 bits per heavy atom. The van der Waals surface area contributed by atoms with Gasteiger partial charge in [-0.2, -0.15) is 19.8 Å². The molecule has 2 heteroatoms. The molecule has 0 aromatic rings. The molecule has 0 heterocycles. The average molecular weight is 491 g/mol. The fraction of sp³-hybridized carbons (Fsp3) is 0.533. The van der Waals surface area contributed by atoms with Crippen LogP contribution in [-0.4, -0.2) is 0 Å². The summed E-state index contributed by atoms with van der Waals surface area (Å²) < 4.78 is 0. The molecule has 0 saturated heterocycles. The van der Waals surface area contributed by atoms with Gasteiger partial charge < -0.3 is 0 Å². The van der Waals surface area contributed by atoms with E-state index in [1.807, 2.05) is 37.3 Å². The number of rotatable bonds is 4. The van der Waals surface area contributed by atoms with Gasteiger partial charge in [0.25, 0.3) is 0 Å². The lowest BCUT2D eigenvalue weighted by molar-refractivity contribution is 0.797. The van der Waals surface area contributed by atoms with Gasteiger partial charge in [0.2, 0.25) is 0 Å². The zero-order chi connectivity index (χ0) is 19.8. The Bertz CT molecular complexity index is 434. The Hall–Kier alpha value is -0.960. The smallest absolute Gasteiger partial charge is 0.0276 e. The van der Waals surface area contributed by atoms with Crippen LogP contribution in [0.2, 0.25) is 0 Å². The molecule has 198 valence electrons. The summed E-state index contributed by atoms with van der Waals surface area (Å²) in [6, 6.07) is 0. The second-order valence-electron chi connectivity index (χ2n) is 5.61. The highest BCUT2D eigenvalue weighted by Crippen LogP contribution is 2.22. The van der Waals surface area contributed by atoms with Crippen LogP contribution in [0.3, 0.4) is 0 Å². The van der Waals surface area contributed by atoms with Crippen molar-refractivity contribution in [2.45, 2.75) is 111 Å². The highest BCUT2D eigenvalue weighted by molar-refractivity contribution is 6.92. The summed E-state index contributed by atoms with van der Waals surface area (Å²) >= 11 is 0. The lowest BCUT2D eigenvalue weighted by atomic mass is 9.95. The van der Waals surface area contributed by atoms with Crippen molar-refractivity contribution in [2.24, 2.45) is 0 Å². The van der Waals surface area contributed by atoms with E-state index >= 15 is 0 Å². The Morgan fingerprint density at radius 1 is 0.719 bits per heavy atom. The molecule has 0 radical (unpaired) electrons. The van der Waals surface area contributed by atoms with Crippen LogP contribution in [0.1, 0.15) is 111 Å². The minimum absolute atomic E-state index is 0. The van der Waals surface area contributed by atoms with Crippen LogP contribution in [0.5, 0.6) is 0 Å². The van der Waals surface area contributed by atoms with E-state index in [0.29, 0.717) is 0 Å². The average Bonchev–Trinajstić information content (AvgIpc) is 2.58. The molecule has 0 aliphatic heterocycles. The maximum absolute atomic E-state index is 3.70. The van der Waals surface area contributed by atoms with E-state index in [0.717, 1.165) is 0 Å². The van der Waals surface area contributed by atoms with Gasteiger partial charge in [0, 0.05) is 0 Å². The first kappa shape index (κ1) is 63.3. The lowest BCUT2D eigenvalue weighted by Crippen LogP contribution is -1.91. The van der Waals surface area contributed by atoms with Gasteiger partial charge >= 0.3 is 0 Å². The predicted octanol–water partition coefficient (Wildman–Crippen LogP) is 12.2. The van der Waals surface area contributed by atoms with E-state index in [1.54, 1.807) is 6.08 Å². The fourth-order valence-electron chi connectivity index (χ4n) is 1.76. The second-order valence-corrected chi connectivity index (χ2v) is 5.61. The van der Waals surface area contributed by atoms with Crippen molar-refractivity contribution in [1.29, 1.82) is 0 Å². The highest BCUT2D eigenvalue weighted by Gasteiger charge is 2.03. The van der Waals surface area contributed by atoms with Gasteiger partial charge in [0.15, 0.2) is 0 Å². The zero-order valence-electron chi connectivity index (χ0n) is 19.1. The van der Waals surface area contributed by atoms with Crippen LogP contribution < -0.4 is 0 Å². The molecule has 0 amide bonds. The maximum atomic E-state index is 3.70. The summed E-state index contributed by atoms with van der Waals surface area (Å²) in [5.41, 5.74) is 2.85. The van der Waals surface area contributed by atoms with Crippen molar-refractivity contribution in [2.75, 3.05) is 0 Å². The highest BCUT2D eigenvalue weighted by atomic mass is 31.0. The van der Waals surface area contributed by atoms with Gasteiger partial charge in [0.05, 0.1) is 0 Å². The molecular formula is C30H68P2. The molecule has 32 heavy (non-hydrogen) atoms. The molecule has 0 bridgehead atoms. The second kappa shape index (κ2) is 63.1. The maximum Gasteiger partial charge on any atom is -0.0276 e. The van der Waals surface area contributed by atoms with Crippen LogP contribution in [0.25, 0.3) is 0 Å². The van der Waals surface area contributed by atoms with Gasteiger partial charge in [-0.05, 0) is 44.3 Å². The van der Waals surface area contributed by atoms with Crippen molar-refractivity contribution in [1.82, 2.24) is 0 Å². The van der Waals surface area contributed by atoms with Gasteiger partial charge in [-0.3, -0.25) is 0 Å². The summed E-state index contributed by atoms with van der Waals surface area (Å²) in [7, 11) is 0. The van der Waals surface area contributed by atoms with E-state index in [9.17, 15) is 0 Å². The molecule has 2 atom stereocenters. The summed E-state index contributed by atoms with van der Waals surface area (Å²) in [6.45, 7) is 19.8. The molecule has 1 aliphatic rings. The summed E-state index contributed by atoms with van der Waals surface area (Å²) in [5.74, 6) is 0. The van der Waals surface area contributed by atoms with Crippen LogP contribution >= 0.6 is 19.8 Å². The molecule has 0 fully saturated rings. The first-order valence-corrected chi connectivity index (χ1v) is 9.66. The quantitative estimate of drug-likeness (QED) is 0.271. The van der Waals surface area contributed by atoms with Gasteiger partial charge in [-0.25, -0.2) is 0 Å². The third-order valence-electron chi connectivity index (χ3n) is 2.57. The minimum atomic E-state index is 0. The normalized spacial score (nSPS) is 11.6. The topological polar surface area (TPSA) is 0 Å². The van der Waals surface area contributed by atoms with Gasteiger partial charge in [0.1, 0.15) is 0 Å². The summed E-state index contributed by atoms with van der Waals surface area (Å²) in [5, 5.41) is 0. The predicted molar refractivity (Wildman–Crippen MR) is 177 cm³/mol. The van der Waals surface area contributed by atoms with Gasteiger partial charge in [-0.1, -0.05) is 152 Å². The molecule has 0 spiro atoms. The molecular weight excluding hydrogens is 422 g/mol. The van der Waals surface area contributed by atoms with E-state index in [4.69, 9.17) is 0 Å². The van der Waals surface area contributed by atoms with Crippen LogP contribution in [-0.2, 0) is 0 Å². The third-order valence-corrected chi connectivity index (χ3v) is 2.57. The Morgan fingerprint density at radius 3 is 1.53 bits per heavy atom. The molecule has 0 nitrogen and oxygen atoms in total. The molecule has 2 unspecified atom stereocenters. The first-order valence-electron chi connectivity index (χ1n) is 9.66. The standard InChI is InChI=1S/C12H16.C7H10.2C3H8.5CH4.2H3P/c1-3-6-11-8-5-9-12(10-11)7-4-2;1-3-5-7-6-4-2;2*1-3-2;;;;;;;/h3-4,6-7,10H,1,5,8-9H2,2H3;3-7H,1H2,2H3;2*3H2,1-2H3;5*1H4;2*1H3/b7-4+,11-6+;6-4+,7-5+;;;;;;;;;. The van der Waals surface area contributed by atoms with Crippen LogP contribution in [0.15, 0.2) is 85.1 Å². The minimum Gasteiger partial charge on any atom is -0.153 e. The van der Waals surface area contributed by atoms with Crippen molar-refractivity contribution in [3.05, 3.63) is 85.1 Å². The zero-order valence-corrected chi connectivity index (χ0v) is 22.0. The Labute approximate surface area is 215 Å². The summed E-state index contributed by atoms with van der Waals surface area (Å²) in [6.07, 6.45) is 26.2. The molecule has 0 saturated carbocycles. The SMILES string of the molecule is C.C.C.C.C.C=C/C=C/C=C/C.C=C/C=C1C=C(/C=C/C)CCC/1.CCC.CCC.P.P. The number of hydrogen-bond acceptors (Lipinski definition) is 0. The van der Waals surface area contributed by atoms with Crippen molar-refractivity contribution >= 4 is 19.8 Å². The van der Waals surface area contributed by atoms with E-state index in [1.165, 1.54) is 43.3 Å². The number of allylic oxidation sites excluding steroid dienone is 12. The van der Waals surface area contributed by atoms with E-state index in [2.05, 4.69) is 72.1 Å².